The van der Waals surface area contributed by atoms with Gasteiger partial charge in [-0.1, -0.05) is 202 Å². The molecule has 350 valence electrons. The topological polar surface area (TPSA) is 84.9 Å². The molecule has 0 spiro atoms. The molecule has 0 aliphatic rings. The molecule has 7 nitrogen and oxygen atoms in total. The standard InChI is InChI=1S/C52H102N2O5/c1-7-12-28-36-47(37-29-13-8-2)44-51(56)58-42-34-26-22-18-16-20-24-32-40-49(53-50(55)46-54(6)11-5)41-33-25-21-17-19-23-27-35-43-59-52(57)45-48(38-30-14-9-3)39-31-15-10-4/h47-49H,7-46H2,1-6H3,(H,53,55). The zero-order chi connectivity index (χ0) is 43.4. The molecular formula is C52H102N2O5. The molecule has 0 radical (unpaired) electrons. The first kappa shape index (κ1) is 57.4. The van der Waals surface area contributed by atoms with Crippen LogP contribution in [0.15, 0.2) is 0 Å². The number of carbonyl (C=O) groups excluding carboxylic acids is 3. The van der Waals surface area contributed by atoms with Gasteiger partial charge in [0.15, 0.2) is 0 Å². The highest BCUT2D eigenvalue weighted by molar-refractivity contribution is 5.78. The second kappa shape index (κ2) is 44.4. The summed E-state index contributed by atoms with van der Waals surface area (Å²) in [6.07, 6.45) is 42.0. The van der Waals surface area contributed by atoms with Crippen LogP contribution in [0.5, 0.6) is 0 Å². The number of amides is 1. The first-order chi connectivity index (χ1) is 28.8. The Kier molecular flexibility index (Phi) is 43.2. The molecule has 0 rings (SSSR count). The molecule has 0 aromatic heterocycles. The fourth-order valence-electron chi connectivity index (χ4n) is 8.42. The number of rotatable bonds is 46. The second-order valence-electron chi connectivity index (χ2n) is 18.4. The molecule has 0 bridgehead atoms. The number of unbranched alkanes of at least 4 members (excludes halogenated alkanes) is 22. The quantitative estimate of drug-likeness (QED) is 0.0486. The highest BCUT2D eigenvalue weighted by Crippen LogP contribution is 2.23. The molecule has 1 N–H and O–H groups in total. The van der Waals surface area contributed by atoms with Crippen molar-refractivity contribution in [3.8, 4) is 0 Å². The van der Waals surface area contributed by atoms with Crippen LogP contribution in [0.4, 0.5) is 0 Å². The van der Waals surface area contributed by atoms with Crippen molar-refractivity contribution in [2.45, 2.75) is 272 Å². The Morgan fingerprint density at radius 2 is 0.729 bits per heavy atom. The third-order valence-electron chi connectivity index (χ3n) is 12.5. The normalized spacial score (nSPS) is 11.7. The maximum absolute atomic E-state index is 12.7. The maximum Gasteiger partial charge on any atom is 0.306 e. The van der Waals surface area contributed by atoms with E-state index in [1.54, 1.807) is 0 Å². The van der Waals surface area contributed by atoms with E-state index in [1.807, 2.05) is 7.05 Å². The van der Waals surface area contributed by atoms with Gasteiger partial charge < -0.3 is 14.8 Å². The first-order valence-electron chi connectivity index (χ1n) is 26.1. The molecule has 0 fully saturated rings. The molecule has 0 aromatic carbocycles. The van der Waals surface area contributed by atoms with Gasteiger partial charge in [0.05, 0.1) is 19.8 Å². The van der Waals surface area contributed by atoms with Crippen molar-refractivity contribution >= 4 is 17.8 Å². The van der Waals surface area contributed by atoms with Gasteiger partial charge in [-0.2, -0.15) is 0 Å². The zero-order valence-electron chi connectivity index (χ0n) is 40.5. The molecule has 7 heteroatoms. The highest BCUT2D eigenvalue weighted by atomic mass is 16.5. The minimum absolute atomic E-state index is 0.0167. The van der Waals surface area contributed by atoms with Gasteiger partial charge in [-0.15, -0.1) is 0 Å². The van der Waals surface area contributed by atoms with Gasteiger partial charge in [-0.25, -0.2) is 0 Å². The summed E-state index contributed by atoms with van der Waals surface area (Å²) in [5.74, 6) is 1.20. The fourth-order valence-corrected chi connectivity index (χ4v) is 8.42. The zero-order valence-corrected chi connectivity index (χ0v) is 40.5. The Labute approximate surface area is 367 Å². The van der Waals surface area contributed by atoms with E-state index in [0.717, 1.165) is 45.1 Å². The van der Waals surface area contributed by atoms with Gasteiger partial charge in [0, 0.05) is 18.9 Å². The van der Waals surface area contributed by atoms with E-state index in [2.05, 4.69) is 44.8 Å². The van der Waals surface area contributed by atoms with Crippen LogP contribution in [0.2, 0.25) is 0 Å². The SMILES string of the molecule is CCCCCC(CCCCC)CC(=O)OCCCCCCCCCCC(CCCCCCCCCCOC(=O)CC(CCCCC)CCCCC)NC(=O)CN(C)CC. The van der Waals surface area contributed by atoms with Crippen molar-refractivity contribution in [3.63, 3.8) is 0 Å². The van der Waals surface area contributed by atoms with Crippen molar-refractivity contribution in [2.24, 2.45) is 11.8 Å². The Balaban J connectivity index is 4.15. The number of likely N-dealkylation sites (N-methyl/N-ethyl adjacent to an activating group) is 1. The van der Waals surface area contributed by atoms with Crippen molar-refractivity contribution in [3.05, 3.63) is 0 Å². The number of hydrogen-bond donors (Lipinski definition) is 1. The summed E-state index contributed by atoms with van der Waals surface area (Å²) in [6, 6.07) is 0.282. The lowest BCUT2D eigenvalue weighted by atomic mass is 9.92. The van der Waals surface area contributed by atoms with E-state index in [1.165, 1.54) is 180 Å². The van der Waals surface area contributed by atoms with Crippen molar-refractivity contribution in [1.82, 2.24) is 10.2 Å². The van der Waals surface area contributed by atoms with E-state index in [9.17, 15) is 14.4 Å². The van der Waals surface area contributed by atoms with E-state index >= 15 is 0 Å². The van der Waals surface area contributed by atoms with Gasteiger partial charge in [0.1, 0.15) is 0 Å². The molecule has 0 saturated heterocycles. The third kappa shape index (κ3) is 40.2. The monoisotopic (exact) mass is 835 g/mol. The average Bonchev–Trinajstić information content (AvgIpc) is 3.21. The predicted molar refractivity (Wildman–Crippen MR) is 253 cm³/mol. The van der Waals surface area contributed by atoms with Crippen LogP contribution in [-0.2, 0) is 23.9 Å². The van der Waals surface area contributed by atoms with Crippen LogP contribution < -0.4 is 5.32 Å². The lowest BCUT2D eigenvalue weighted by molar-refractivity contribution is -0.146. The van der Waals surface area contributed by atoms with Crippen molar-refractivity contribution in [1.29, 1.82) is 0 Å². The summed E-state index contributed by atoms with van der Waals surface area (Å²) >= 11 is 0. The molecule has 0 atom stereocenters. The summed E-state index contributed by atoms with van der Waals surface area (Å²) in [5, 5.41) is 3.37. The third-order valence-corrected chi connectivity index (χ3v) is 12.5. The molecule has 0 unspecified atom stereocenters. The average molecular weight is 835 g/mol. The smallest absolute Gasteiger partial charge is 0.306 e. The number of ether oxygens (including phenoxy) is 2. The Morgan fingerprint density at radius 1 is 0.424 bits per heavy atom. The molecule has 59 heavy (non-hydrogen) atoms. The van der Waals surface area contributed by atoms with Crippen LogP contribution in [0.1, 0.15) is 266 Å². The number of esters is 2. The van der Waals surface area contributed by atoms with Crippen LogP contribution in [0.3, 0.4) is 0 Å². The summed E-state index contributed by atoms with van der Waals surface area (Å²) in [4.78, 5) is 39.8. The van der Waals surface area contributed by atoms with Gasteiger partial charge in [0.2, 0.25) is 5.91 Å². The molecular weight excluding hydrogens is 733 g/mol. The summed E-state index contributed by atoms with van der Waals surface area (Å²) in [5.41, 5.74) is 0. The maximum atomic E-state index is 12.7. The van der Waals surface area contributed by atoms with Crippen LogP contribution in [-0.4, -0.2) is 62.1 Å². The fraction of sp³-hybridized carbons (Fsp3) is 0.942. The Hall–Kier alpha value is -1.63. The molecule has 0 saturated carbocycles. The van der Waals surface area contributed by atoms with Crippen molar-refractivity contribution < 1.29 is 23.9 Å². The van der Waals surface area contributed by atoms with E-state index in [4.69, 9.17) is 9.47 Å². The highest BCUT2D eigenvalue weighted by Gasteiger charge is 2.17. The molecule has 0 aromatic rings. The first-order valence-corrected chi connectivity index (χ1v) is 26.1. The summed E-state index contributed by atoms with van der Waals surface area (Å²) in [6.45, 7) is 13.6. The largest absolute Gasteiger partial charge is 0.466 e. The summed E-state index contributed by atoms with van der Waals surface area (Å²) in [7, 11) is 2.01. The van der Waals surface area contributed by atoms with E-state index in [-0.39, 0.29) is 23.9 Å². The van der Waals surface area contributed by atoms with E-state index in [0.29, 0.717) is 44.4 Å². The molecule has 1 amide bonds. The lowest BCUT2D eigenvalue weighted by Gasteiger charge is -2.21. The number of hydrogen-bond acceptors (Lipinski definition) is 6. The van der Waals surface area contributed by atoms with Gasteiger partial charge >= 0.3 is 11.9 Å². The minimum Gasteiger partial charge on any atom is -0.466 e. The number of nitrogens with one attached hydrogen (secondary N) is 1. The predicted octanol–water partition coefficient (Wildman–Crippen LogP) is 14.9. The second-order valence-corrected chi connectivity index (χ2v) is 18.4. The molecule has 0 aliphatic heterocycles. The van der Waals surface area contributed by atoms with E-state index < -0.39 is 0 Å². The minimum atomic E-state index is 0.0167. The lowest BCUT2D eigenvalue weighted by Crippen LogP contribution is -2.41. The summed E-state index contributed by atoms with van der Waals surface area (Å²) < 4.78 is 11.3. The van der Waals surface area contributed by atoms with Crippen LogP contribution >= 0.6 is 0 Å². The number of carbonyl (C=O) groups is 3. The van der Waals surface area contributed by atoms with Crippen LogP contribution in [0, 0.1) is 11.8 Å². The Bertz CT molecular complexity index is 849. The Morgan fingerprint density at radius 3 is 1.05 bits per heavy atom. The van der Waals surface area contributed by atoms with Gasteiger partial charge in [-0.3, -0.25) is 19.3 Å². The number of nitrogens with zero attached hydrogens (tertiary/aromatic N) is 1. The van der Waals surface area contributed by atoms with Gasteiger partial charge in [0.25, 0.3) is 0 Å². The van der Waals surface area contributed by atoms with Crippen LogP contribution in [0.25, 0.3) is 0 Å². The molecule has 0 aliphatic carbocycles. The molecule has 0 heterocycles. The van der Waals surface area contributed by atoms with Gasteiger partial charge in [-0.05, 0) is 76.8 Å². The van der Waals surface area contributed by atoms with Crippen molar-refractivity contribution in [2.75, 3.05) is 33.4 Å².